The van der Waals surface area contributed by atoms with Crippen molar-refractivity contribution in [1.29, 1.82) is 0 Å². The van der Waals surface area contributed by atoms with Crippen molar-refractivity contribution in [2.45, 2.75) is 45.8 Å². The maximum Gasteiger partial charge on any atom is 0.410 e. The Labute approximate surface area is 131 Å². The number of carbonyl (C=O) groups is 1. The Kier molecular flexibility index (Phi) is 4.92. The van der Waals surface area contributed by atoms with E-state index in [4.69, 9.17) is 9.47 Å². The molecule has 0 aliphatic carbocycles. The van der Waals surface area contributed by atoms with Gasteiger partial charge in [0.05, 0.1) is 12.2 Å². The van der Waals surface area contributed by atoms with Crippen molar-refractivity contribution in [3.8, 4) is 17.6 Å². The summed E-state index contributed by atoms with van der Waals surface area (Å²) >= 11 is 0. The molecule has 1 saturated heterocycles. The Balaban J connectivity index is 1.88. The molecule has 5 heteroatoms. The van der Waals surface area contributed by atoms with Gasteiger partial charge in [-0.15, -0.1) is 5.92 Å². The van der Waals surface area contributed by atoms with E-state index in [1.165, 1.54) is 0 Å². The van der Waals surface area contributed by atoms with Gasteiger partial charge in [-0.05, 0) is 40.2 Å². The molecule has 5 nitrogen and oxygen atoms in total. The second-order valence-corrected chi connectivity index (χ2v) is 6.21. The largest absolute Gasteiger partial charge is 0.490 e. The average Bonchev–Trinajstić information content (AvgIpc) is 2.36. The minimum absolute atomic E-state index is 0.0516. The van der Waals surface area contributed by atoms with E-state index < -0.39 is 5.60 Å². The van der Waals surface area contributed by atoms with Crippen molar-refractivity contribution < 1.29 is 14.3 Å². The number of hydrogen-bond donors (Lipinski definition) is 0. The van der Waals surface area contributed by atoms with Crippen LogP contribution in [0.15, 0.2) is 18.5 Å². The third-order valence-corrected chi connectivity index (χ3v) is 3.20. The lowest BCUT2D eigenvalue weighted by molar-refractivity contribution is -0.0141. The van der Waals surface area contributed by atoms with Crippen LogP contribution in [0, 0.1) is 11.8 Å². The Morgan fingerprint density at radius 1 is 1.45 bits per heavy atom. The molecule has 1 unspecified atom stereocenters. The van der Waals surface area contributed by atoms with Gasteiger partial charge in [0.1, 0.15) is 18.0 Å². The first-order valence-electron chi connectivity index (χ1n) is 7.39. The van der Waals surface area contributed by atoms with E-state index >= 15 is 0 Å². The molecule has 0 N–H and O–H groups in total. The molecule has 1 aliphatic heterocycles. The summed E-state index contributed by atoms with van der Waals surface area (Å²) in [6.45, 7) is 8.51. The predicted molar refractivity (Wildman–Crippen MR) is 83.6 cm³/mol. The molecule has 1 amide bonds. The second-order valence-electron chi connectivity index (χ2n) is 6.21. The zero-order chi connectivity index (χ0) is 16.2. The molecule has 1 aliphatic rings. The first kappa shape index (κ1) is 16.2. The number of nitrogens with zero attached hydrogens (tertiary/aromatic N) is 2. The Morgan fingerprint density at radius 2 is 2.23 bits per heavy atom. The summed E-state index contributed by atoms with van der Waals surface area (Å²) in [4.78, 5) is 17.8. The third kappa shape index (κ3) is 4.39. The number of ether oxygens (including phenoxy) is 2. The molecule has 0 bridgehead atoms. The van der Waals surface area contributed by atoms with Crippen LogP contribution in [-0.2, 0) is 4.74 Å². The molecule has 1 fully saturated rings. The maximum absolute atomic E-state index is 12.0. The molecule has 1 atom stereocenters. The summed E-state index contributed by atoms with van der Waals surface area (Å²) in [7, 11) is 0. The molecule has 1 aromatic rings. The SMILES string of the molecule is CC#Cc1cncc(OCC2CCN2C(=O)OC(C)(C)C)c1. The molecular formula is C17H22N2O3. The van der Waals surface area contributed by atoms with E-state index in [1.807, 2.05) is 26.8 Å². The van der Waals surface area contributed by atoms with Crippen LogP contribution < -0.4 is 4.74 Å². The number of pyridine rings is 1. The highest BCUT2D eigenvalue weighted by atomic mass is 16.6. The van der Waals surface area contributed by atoms with Crippen LogP contribution in [0.1, 0.15) is 39.7 Å². The normalized spacial score (nSPS) is 17.1. The highest BCUT2D eigenvalue weighted by Crippen LogP contribution is 2.22. The topological polar surface area (TPSA) is 51.7 Å². The van der Waals surface area contributed by atoms with Crippen molar-refractivity contribution in [2.75, 3.05) is 13.2 Å². The molecule has 0 spiro atoms. The van der Waals surface area contributed by atoms with Crippen LogP contribution in [-0.4, -0.2) is 40.8 Å². The zero-order valence-electron chi connectivity index (χ0n) is 13.5. The number of likely N-dealkylation sites (tertiary alicyclic amines) is 1. The van der Waals surface area contributed by atoms with E-state index in [1.54, 1.807) is 24.2 Å². The van der Waals surface area contributed by atoms with Crippen molar-refractivity contribution >= 4 is 6.09 Å². The lowest BCUT2D eigenvalue weighted by Gasteiger charge is -2.40. The first-order chi connectivity index (χ1) is 10.4. The third-order valence-electron chi connectivity index (χ3n) is 3.20. The van der Waals surface area contributed by atoms with Crippen molar-refractivity contribution in [2.24, 2.45) is 0 Å². The van der Waals surface area contributed by atoms with Gasteiger partial charge in [-0.1, -0.05) is 5.92 Å². The number of carbonyl (C=O) groups excluding carboxylic acids is 1. The molecule has 1 aromatic heterocycles. The van der Waals surface area contributed by atoms with Gasteiger partial charge in [0.25, 0.3) is 0 Å². The molecule has 2 rings (SSSR count). The van der Waals surface area contributed by atoms with Crippen LogP contribution in [0.3, 0.4) is 0 Å². The molecule has 22 heavy (non-hydrogen) atoms. The fourth-order valence-corrected chi connectivity index (χ4v) is 2.08. The number of aromatic nitrogens is 1. The molecule has 0 saturated carbocycles. The van der Waals surface area contributed by atoms with Crippen molar-refractivity contribution in [3.63, 3.8) is 0 Å². The van der Waals surface area contributed by atoms with Gasteiger partial charge in [-0.2, -0.15) is 0 Å². The summed E-state index contributed by atoms with van der Waals surface area (Å²) in [5.41, 5.74) is 0.340. The summed E-state index contributed by atoms with van der Waals surface area (Å²) in [6.07, 6.45) is 3.98. The van der Waals surface area contributed by atoms with Crippen LogP contribution in [0.2, 0.25) is 0 Å². The number of rotatable bonds is 3. The van der Waals surface area contributed by atoms with E-state index in [0.29, 0.717) is 18.9 Å². The predicted octanol–water partition coefficient (Wildman–Crippen LogP) is 2.84. The number of hydrogen-bond acceptors (Lipinski definition) is 4. The van der Waals surface area contributed by atoms with E-state index in [0.717, 1.165) is 12.0 Å². The minimum Gasteiger partial charge on any atom is -0.490 e. The van der Waals surface area contributed by atoms with E-state index in [-0.39, 0.29) is 12.1 Å². The fraction of sp³-hybridized carbons (Fsp3) is 0.529. The second kappa shape index (κ2) is 6.69. The van der Waals surface area contributed by atoms with Gasteiger partial charge in [-0.3, -0.25) is 4.98 Å². The monoisotopic (exact) mass is 302 g/mol. The van der Waals surface area contributed by atoms with E-state index in [9.17, 15) is 4.79 Å². The Hall–Kier alpha value is -2.22. The molecule has 2 heterocycles. The summed E-state index contributed by atoms with van der Waals surface area (Å²) in [5, 5.41) is 0. The van der Waals surface area contributed by atoms with Gasteiger partial charge >= 0.3 is 6.09 Å². The molecule has 118 valence electrons. The van der Waals surface area contributed by atoms with Gasteiger partial charge in [-0.25, -0.2) is 4.79 Å². The van der Waals surface area contributed by atoms with Crippen LogP contribution in [0.5, 0.6) is 5.75 Å². The van der Waals surface area contributed by atoms with Gasteiger partial charge < -0.3 is 14.4 Å². The Morgan fingerprint density at radius 3 is 2.82 bits per heavy atom. The fourth-order valence-electron chi connectivity index (χ4n) is 2.08. The zero-order valence-corrected chi connectivity index (χ0v) is 13.5. The van der Waals surface area contributed by atoms with Gasteiger partial charge in [0, 0.05) is 18.3 Å². The molecule has 0 radical (unpaired) electrons. The summed E-state index contributed by atoms with van der Waals surface area (Å²) in [6, 6.07) is 1.90. The lowest BCUT2D eigenvalue weighted by Crippen LogP contribution is -2.55. The molecular weight excluding hydrogens is 280 g/mol. The highest BCUT2D eigenvalue weighted by molar-refractivity contribution is 5.69. The Bertz CT molecular complexity index is 596. The van der Waals surface area contributed by atoms with E-state index in [2.05, 4.69) is 16.8 Å². The first-order valence-corrected chi connectivity index (χ1v) is 7.39. The maximum atomic E-state index is 12.0. The van der Waals surface area contributed by atoms with Crippen LogP contribution in [0.25, 0.3) is 0 Å². The van der Waals surface area contributed by atoms with Crippen molar-refractivity contribution in [1.82, 2.24) is 9.88 Å². The van der Waals surface area contributed by atoms with Gasteiger partial charge in [0.2, 0.25) is 0 Å². The van der Waals surface area contributed by atoms with Crippen LogP contribution in [0.4, 0.5) is 4.79 Å². The summed E-state index contributed by atoms with van der Waals surface area (Å²) < 4.78 is 11.1. The average molecular weight is 302 g/mol. The molecule has 0 aromatic carbocycles. The number of amides is 1. The quantitative estimate of drug-likeness (QED) is 0.806. The lowest BCUT2D eigenvalue weighted by atomic mass is 10.1. The standard InChI is InChI=1S/C17H22N2O3/c1-5-6-13-9-15(11-18-10-13)21-12-14-7-8-19(14)16(20)22-17(2,3)4/h9-11,14H,7-8,12H2,1-4H3. The smallest absolute Gasteiger partial charge is 0.410 e. The summed E-state index contributed by atoms with van der Waals surface area (Å²) in [5.74, 6) is 6.43. The van der Waals surface area contributed by atoms with Crippen molar-refractivity contribution in [3.05, 3.63) is 24.0 Å². The highest BCUT2D eigenvalue weighted by Gasteiger charge is 2.35. The van der Waals surface area contributed by atoms with Crippen LogP contribution >= 0.6 is 0 Å². The minimum atomic E-state index is -0.477. The van der Waals surface area contributed by atoms with Gasteiger partial charge in [0.15, 0.2) is 0 Å².